The average Bonchev–Trinajstić information content (AvgIpc) is 2.63. The molecule has 0 amide bonds. The van der Waals surface area contributed by atoms with E-state index < -0.39 is 0 Å². The Morgan fingerprint density at radius 3 is 1.72 bits per heavy atom. The molecule has 0 radical (unpaired) electrons. The van der Waals surface area contributed by atoms with E-state index >= 15 is 0 Å². The standard InChI is InChI=1S/C21H38O4/c1-3-5-6-7-8-9-10-11-14-17-25-21(23)19-16-13-12-15-18(19)20(22)24-4-2/h18-19H,3-17H2,1-2H3. The Balaban J connectivity index is 2.13. The van der Waals surface area contributed by atoms with Gasteiger partial charge in [-0.25, -0.2) is 0 Å². The van der Waals surface area contributed by atoms with Crippen molar-refractivity contribution in [3.63, 3.8) is 0 Å². The van der Waals surface area contributed by atoms with E-state index in [0.717, 1.165) is 38.5 Å². The molecule has 25 heavy (non-hydrogen) atoms. The van der Waals surface area contributed by atoms with Crippen LogP contribution in [0.5, 0.6) is 0 Å². The molecule has 1 aliphatic rings. The minimum atomic E-state index is -0.302. The number of hydrogen-bond donors (Lipinski definition) is 0. The molecule has 1 fully saturated rings. The second-order valence-corrected chi connectivity index (χ2v) is 7.25. The van der Waals surface area contributed by atoms with E-state index in [-0.39, 0.29) is 23.8 Å². The highest BCUT2D eigenvalue weighted by molar-refractivity contribution is 5.82. The average molecular weight is 355 g/mol. The van der Waals surface area contributed by atoms with Gasteiger partial charge in [0.2, 0.25) is 0 Å². The van der Waals surface area contributed by atoms with Crippen molar-refractivity contribution in [2.45, 2.75) is 97.3 Å². The minimum Gasteiger partial charge on any atom is -0.466 e. The van der Waals surface area contributed by atoms with Crippen molar-refractivity contribution in [2.24, 2.45) is 11.8 Å². The number of carbonyl (C=O) groups is 2. The maximum Gasteiger partial charge on any atom is 0.309 e. The van der Waals surface area contributed by atoms with Crippen LogP contribution in [-0.4, -0.2) is 25.2 Å². The minimum absolute atomic E-state index is 0.197. The summed E-state index contributed by atoms with van der Waals surface area (Å²) < 4.78 is 10.6. The lowest BCUT2D eigenvalue weighted by Crippen LogP contribution is -2.35. The van der Waals surface area contributed by atoms with Crippen molar-refractivity contribution in [1.29, 1.82) is 0 Å². The summed E-state index contributed by atoms with van der Waals surface area (Å²) in [5.41, 5.74) is 0. The summed E-state index contributed by atoms with van der Waals surface area (Å²) in [6.07, 6.45) is 14.7. The Labute approximate surface area is 154 Å². The zero-order chi connectivity index (χ0) is 18.3. The van der Waals surface area contributed by atoms with Crippen molar-refractivity contribution >= 4 is 11.9 Å². The van der Waals surface area contributed by atoms with Gasteiger partial charge in [0.05, 0.1) is 25.0 Å². The monoisotopic (exact) mass is 354 g/mol. The van der Waals surface area contributed by atoms with Crippen LogP contribution in [0.25, 0.3) is 0 Å². The van der Waals surface area contributed by atoms with Crippen LogP contribution in [0.1, 0.15) is 97.3 Å². The number of esters is 2. The van der Waals surface area contributed by atoms with E-state index in [2.05, 4.69) is 6.92 Å². The van der Waals surface area contributed by atoms with Crippen LogP contribution >= 0.6 is 0 Å². The topological polar surface area (TPSA) is 52.6 Å². The van der Waals surface area contributed by atoms with E-state index in [1.165, 1.54) is 44.9 Å². The van der Waals surface area contributed by atoms with Gasteiger partial charge in [0, 0.05) is 0 Å². The molecule has 0 aromatic carbocycles. The van der Waals surface area contributed by atoms with Crippen LogP contribution in [0.3, 0.4) is 0 Å². The van der Waals surface area contributed by atoms with Crippen molar-refractivity contribution in [1.82, 2.24) is 0 Å². The van der Waals surface area contributed by atoms with E-state index in [0.29, 0.717) is 13.2 Å². The van der Waals surface area contributed by atoms with E-state index in [9.17, 15) is 9.59 Å². The molecule has 0 aromatic rings. The van der Waals surface area contributed by atoms with Gasteiger partial charge in [0.1, 0.15) is 0 Å². The molecule has 1 rings (SSSR count). The second-order valence-electron chi connectivity index (χ2n) is 7.25. The molecule has 0 aromatic heterocycles. The molecule has 0 saturated heterocycles. The Morgan fingerprint density at radius 2 is 1.20 bits per heavy atom. The zero-order valence-electron chi connectivity index (χ0n) is 16.4. The van der Waals surface area contributed by atoms with Gasteiger partial charge < -0.3 is 9.47 Å². The van der Waals surface area contributed by atoms with Crippen molar-refractivity contribution in [3.8, 4) is 0 Å². The van der Waals surface area contributed by atoms with Crippen molar-refractivity contribution in [3.05, 3.63) is 0 Å². The molecule has 0 N–H and O–H groups in total. The molecule has 4 nitrogen and oxygen atoms in total. The van der Waals surface area contributed by atoms with Gasteiger partial charge >= 0.3 is 11.9 Å². The molecule has 4 heteroatoms. The lowest BCUT2D eigenvalue weighted by molar-refractivity contribution is -0.162. The van der Waals surface area contributed by atoms with Crippen LogP contribution in [0, 0.1) is 11.8 Å². The predicted octanol–water partition coefficient (Wildman–Crippen LogP) is 5.43. The first kappa shape index (κ1) is 22.0. The first-order chi connectivity index (χ1) is 12.2. The van der Waals surface area contributed by atoms with Crippen LogP contribution in [-0.2, 0) is 19.1 Å². The van der Waals surface area contributed by atoms with Crippen LogP contribution in [0.2, 0.25) is 0 Å². The second kappa shape index (κ2) is 14.1. The van der Waals surface area contributed by atoms with Crippen LogP contribution in [0.4, 0.5) is 0 Å². The number of carbonyl (C=O) groups excluding carboxylic acids is 2. The van der Waals surface area contributed by atoms with Gasteiger partial charge in [-0.3, -0.25) is 9.59 Å². The quantitative estimate of drug-likeness (QED) is 0.327. The number of unbranched alkanes of at least 4 members (excludes halogenated alkanes) is 8. The Morgan fingerprint density at radius 1 is 0.720 bits per heavy atom. The lowest BCUT2D eigenvalue weighted by Gasteiger charge is -2.28. The molecular weight excluding hydrogens is 316 g/mol. The van der Waals surface area contributed by atoms with Gasteiger partial charge in [-0.2, -0.15) is 0 Å². The molecule has 0 heterocycles. The number of hydrogen-bond acceptors (Lipinski definition) is 4. The summed E-state index contributed by atoms with van der Waals surface area (Å²) >= 11 is 0. The molecule has 1 saturated carbocycles. The SMILES string of the molecule is CCCCCCCCCCCOC(=O)C1CCCCC1C(=O)OCC. The van der Waals surface area contributed by atoms with Crippen LogP contribution in [0.15, 0.2) is 0 Å². The highest BCUT2D eigenvalue weighted by Gasteiger charge is 2.37. The summed E-state index contributed by atoms with van der Waals surface area (Å²) in [5.74, 6) is -1.03. The van der Waals surface area contributed by atoms with Crippen LogP contribution < -0.4 is 0 Å². The summed E-state index contributed by atoms with van der Waals surface area (Å²) in [6, 6.07) is 0. The highest BCUT2D eigenvalue weighted by Crippen LogP contribution is 2.32. The Kier molecular flexibility index (Phi) is 12.4. The predicted molar refractivity (Wildman–Crippen MR) is 100 cm³/mol. The number of rotatable bonds is 13. The smallest absolute Gasteiger partial charge is 0.309 e. The fraction of sp³-hybridized carbons (Fsp3) is 0.905. The summed E-state index contributed by atoms with van der Waals surface area (Å²) in [4.78, 5) is 24.3. The van der Waals surface area contributed by atoms with E-state index in [1.807, 2.05) is 0 Å². The fourth-order valence-electron chi connectivity index (χ4n) is 3.64. The van der Waals surface area contributed by atoms with E-state index in [4.69, 9.17) is 9.47 Å². The first-order valence-electron chi connectivity index (χ1n) is 10.5. The van der Waals surface area contributed by atoms with Crippen molar-refractivity contribution in [2.75, 3.05) is 13.2 Å². The maximum atomic E-state index is 12.3. The van der Waals surface area contributed by atoms with Gasteiger partial charge in [0.15, 0.2) is 0 Å². The van der Waals surface area contributed by atoms with Gasteiger partial charge in [0.25, 0.3) is 0 Å². The van der Waals surface area contributed by atoms with Crippen molar-refractivity contribution < 1.29 is 19.1 Å². The molecular formula is C21H38O4. The first-order valence-corrected chi connectivity index (χ1v) is 10.5. The van der Waals surface area contributed by atoms with Gasteiger partial charge in [-0.1, -0.05) is 71.1 Å². The largest absolute Gasteiger partial charge is 0.466 e. The van der Waals surface area contributed by atoms with Gasteiger partial charge in [-0.15, -0.1) is 0 Å². The molecule has 0 spiro atoms. The maximum absolute atomic E-state index is 12.3. The summed E-state index contributed by atoms with van der Waals surface area (Å²) in [7, 11) is 0. The third-order valence-electron chi connectivity index (χ3n) is 5.15. The fourth-order valence-corrected chi connectivity index (χ4v) is 3.64. The molecule has 1 aliphatic carbocycles. The van der Waals surface area contributed by atoms with E-state index in [1.54, 1.807) is 6.92 Å². The third-order valence-corrected chi connectivity index (χ3v) is 5.15. The molecule has 0 aliphatic heterocycles. The summed E-state index contributed by atoms with van der Waals surface area (Å²) in [5, 5.41) is 0. The Hall–Kier alpha value is -1.06. The summed E-state index contributed by atoms with van der Waals surface area (Å²) in [6.45, 7) is 4.90. The number of ether oxygens (including phenoxy) is 2. The molecule has 2 unspecified atom stereocenters. The molecule has 0 bridgehead atoms. The Bertz CT molecular complexity index is 367. The normalized spacial score (nSPS) is 20.2. The molecule has 146 valence electrons. The van der Waals surface area contributed by atoms with Gasteiger partial charge in [-0.05, 0) is 26.2 Å². The molecule has 2 atom stereocenters. The third kappa shape index (κ3) is 9.27. The highest BCUT2D eigenvalue weighted by atomic mass is 16.5. The zero-order valence-corrected chi connectivity index (χ0v) is 16.4. The lowest BCUT2D eigenvalue weighted by atomic mass is 9.79.